The van der Waals surface area contributed by atoms with Crippen LogP contribution < -0.4 is 4.74 Å². The first kappa shape index (κ1) is 13.0. The van der Waals surface area contributed by atoms with Gasteiger partial charge in [0, 0.05) is 6.61 Å². The van der Waals surface area contributed by atoms with Gasteiger partial charge in [-0.3, -0.25) is 0 Å². The van der Waals surface area contributed by atoms with Gasteiger partial charge < -0.3 is 9.84 Å². The Hall–Kier alpha value is -1.02. The van der Waals surface area contributed by atoms with E-state index in [2.05, 4.69) is 19.1 Å². The Bertz CT molecular complexity index is 284. The molecule has 0 radical (unpaired) electrons. The Morgan fingerprint density at radius 3 is 2.69 bits per heavy atom. The minimum Gasteiger partial charge on any atom is -0.494 e. The number of benzene rings is 1. The molecule has 0 amide bonds. The van der Waals surface area contributed by atoms with Gasteiger partial charge in [-0.15, -0.1) is 0 Å². The molecule has 0 saturated heterocycles. The Kier molecular flexibility index (Phi) is 6.66. The van der Waals surface area contributed by atoms with Crippen molar-refractivity contribution in [2.24, 2.45) is 0 Å². The summed E-state index contributed by atoms with van der Waals surface area (Å²) in [5.41, 5.74) is 1.32. The van der Waals surface area contributed by atoms with Crippen molar-refractivity contribution in [3.8, 4) is 5.75 Å². The van der Waals surface area contributed by atoms with Crippen LogP contribution in [0, 0.1) is 0 Å². The molecular formula is C14H22O2. The zero-order valence-corrected chi connectivity index (χ0v) is 10.1. The molecule has 1 N–H and O–H groups in total. The van der Waals surface area contributed by atoms with E-state index in [0.717, 1.165) is 44.5 Å². The second-order valence-corrected chi connectivity index (χ2v) is 3.99. The molecule has 2 nitrogen and oxygen atoms in total. The van der Waals surface area contributed by atoms with Crippen LogP contribution in [0.1, 0.15) is 38.2 Å². The SMILES string of the molecule is CCc1cccc(OCCCCCCO)c1. The van der Waals surface area contributed by atoms with Gasteiger partial charge in [0.05, 0.1) is 6.61 Å². The first-order valence-electron chi connectivity index (χ1n) is 6.19. The highest BCUT2D eigenvalue weighted by Gasteiger charge is 1.95. The lowest BCUT2D eigenvalue weighted by Gasteiger charge is -2.07. The van der Waals surface area contributed by atoms with Crippen molar-refractivity contribution in [3.05, 3.63) is 29.8 Å². The van der Waals surface area contributed by atoms with Gasteiger partial charge in [-0.2, -0.15) is 0 Å². The molecule has 0 atom stereocenters. The molecule has 0 aliphatic carbocycles. The number of ether oxygens (including phenoxy) is 1. The Morgan fingerprint density at radius 1 is 1.12 bits per heavy atom. The fourth-order valence-electron chi connectivity index (χ4n) is 1.61. The molecule has 0 spiro atoms. The maximum Gasteiger partial charge on any atom is 0.119 e. The third-order valence-corrected chi connectivity index (χ3v) is 2.63. The Morgan fingerprint density at radius 2 is 1.94 bits per heavy atom. The van der Waals surface area contributed by atoms with Gasteiger partial charge in [0.1, 0.15) is 5.75 Å². The second kappa shape index (κ2) is 8.17. The number of hydrogen-bond acceptors (Lipinski definition) is 2. The first-order chi connectivity index (χ1) is 7.86. The normalized spacial score (nSPS) is 10.4. The average Bonchev–Trinajstić information content (AvgIpc) is 2.34. The van der Waals surface area contributed by atoms with Crippen LogP contribution in [-0.2, 0) is 6.42 Å². The number of rotatable bonds is 8. The summed E-state index contributed by atoms with van der Waals surface area (Å²) >= 11 is 0. The molecule has 1 rings (SSSR count). The molecule has 16 heavy (non-hydrogen) atoms. The van der Waals surface area contributed by atoms with E-state index in [9.17, 15) is 0 Å². The zero-order valence-electron chi connectivity index (χ0n) is 10.1. The minimum atomic E-state index is 0.305. The fraction of sp³-hybridized carbons (Fsp3) is 0.571. The van der Waals surface area contributed by atoms with Crippen LogP contribution in [0.4, 0.5) is 0 Å². The van der Waals surface area contributed by atoms with E-state index in [-0.39, 0.29) is 0 Å². The summed E-state index contributed by atoms with van der Waals surface area (Å²) in [4.78, 5) is 0. The van der Waals surface area contributed by atoms with Crippen LogP contribution in [0.5, 0.6) is 5.75 Å². The summed E-state index contributed by atoms with van der Waals surface area (Å²) in [6, 6.07) is 8.27. The lowest BCUT2D eigenvalue weighted by Crippen LogP contribution is -1.98. The van der Waals surface area contributed by atoms with Crippen molar-refractivity contribution in [1.82, 2.24) is 0 Å². The van der Waals surface area contributed by atoms with Crippen LogP contribution >= 0.6 is 0 Å². The van der Waals surface area contributed by atoms with Crippen molar-refractivity contribution in [1.29, 1.82) is 0 Å². The molecule has 0 fully saturated rings. The average molecular weight is 222 g/mol. The summed E-state index contributed by atoms with van der Waals surface area (Å²) in [5, 5.41) is 8.63. The monoisotopic (exact) mass is 222 g/mol. The van der Waals surface area contributed by atoms with Gasteiger partial charge >= 0.3 is 0 Å². The van der Waals surface area contributed by atoms with Crippen molar-refractivity contribution in [2.75, 3.05) is 13.2 Å². The predicted molar refractivity (Wildman–Crippen MR) is 66.9 cm³/mol. The molecule has 90 valence electrons. The second-order valence-electron chi connectivity index (χ2n) is 3.99. The topological polar surface area (TPSA) is 29.5 Å². The summed E-state index contributed by atoms with van der Waals surface area (Å²) in [5.74, 6) is 0.974. The van der Waals surface area contributed by atoms with E-state index in [4.69, 9.17) is 9.84 Å². The maximum atomic E-state index is 8.63. The number of aliphatic hydroxyl groups excluding tert-OH is 1. The smallest absolute Gasteiger partial charge is 0.119 e. The highest BCUT2D eigenvalue weighted by Crippen LogP contribution is 2.14. The first-order valence-corrected chi connectivity index (χ1v) is 6.19. The molecular weight excluding hydrogens is 200 g/mol. The Balaban J connectivity index is 2.16. The van der Waals surface area contributed by atoms with Gasteiger partial charge in [-0.1, -0.05) is 25.5 Å². The van der Waals surface area contributed by atoms with Crippen molar-refractivity contribution in [2.45, 2.75) is 39.0 Å². The molecule has 0 aliphatic rings. The molecule has 0 unspecified atom stereocenters. The molecule has 0 aromatic heterocycles. The van der Waals surface area contributed by atoms with Gasteiger partial charge in [-0.05, 0) is 43.4 Å². The van der Waals surface area contributed by atoms with E-state index in [1.54, 1.807) is 0 Å². The fourth-order valence-corrected chi connectivity index (χ4v) is 1.61. The van der Waals surface area contributed by atoms with Gasteiger partial charge in [-0.25, -0.2) is 0 Å². The van der Waals surface area contributed by atoms with Crippen molar-refractivity contribution in [3.63, 3.8) is 0 Å². The number of unbranched alkanes of at least 4 members (excludes halogenated alkanes) is 3. The van der Waals surface area contributed by atoms with E-state index in [1.165, 1.54) is 5.56 Å². The van der Waals surface area contributed by atoms with Gasteiger partial charge in [0.2, 0.25) is 0 Å². The van der Waals surface area contributed by atoms with Crippen LogP contribution in [0.2, 0.25) is 0 Å². The van der Waals surface area contributed by atoms with Crippen LogP contribution in [0.3, 0.4) is 0 Å². The molecule has 1 aromatic rings. The number of hydrogen-bond donors (Lipinski definition) is 1. The standard InChI is InChI=1S/C14H22O2/c1-2-13-8-7-9-14(12-13)16-11-6-4-3-5-10-15/h7-9,12,15H,2-6,10-11H2,1H3. The molecule has 0 saturated carbocycles. The number of aryl methyl sites for hydroxylation is 1. The minimum absolute atomic E-state index is 0.305. The maximum absolute atomic E-state index is 8.63. The Labute approximate surface area is 98.3 Å². The third kappa shape index (κ3) is 5.17. The summed E-state index contributed by atoms with van der Waals surface area (Å²) in [6.45, 7) is 3.23. The highest BCUT2D eigenvalue weighted by molar-refractivity contribution is 5.28. The summed E-state index contributed by atoms with van der Waals surface area (Å²) in [6.07, 6.45) is 5.25. The highest BCUT2D eigenvalue weighted by atomic mass is 16.5. The molecule has 0 heterocycles. The molecule has 1 aromatic carbocycles. The van der Waals surface area contributed by atoms with Gasteiger partial charge in [0.25, 0.3) is 0 Å². The van der Waals surface area contributed by atoms with E-state index >= 15 is 0 Å². The molecule has 0 aliphatic heterocycles. The predicted octanol–water partition coefficient (Wildman–Crippen LogP) is 3.18. The van der Waals surface area contributed by atoms with Crippen LogP contribution in [-0.4, -0.2) is 18.3 Å². The van der Waals surface area contributed by atoms with Crippen LogP contribution in [0.15, 0.2) is 24.3 Å². The van der Waals surface area contributed by atoms with E-state index < -0.39 is 0 Å². The van der Waals surface area contributed by atoms with Gasteiger partial charge in [0.15, 0.2) is 0 Å². The summed E-state index contributed by atoms with van der Waals surface area (Å²) in [7, 11) is 0. The van der Waals surface area contributed by atoms with Crippen molar-refractivity contribution < 1.29 is 9.84 Å². The quantitative estimate of drug-likeness (QED) is 0.684. The van der Waals surface area contributed by atoms with Crippen molar-refractivity contribution >= 4 is 0 Å². The lowest BCUT2D eigenvalue weighted by atomic mass is 10.2. The largest absolute Gasteiger partial charge is 0.494 e. The molecule has 0 bridgehead atoms. The van der Waals surface area contributed by atoms with Crippen LogP contribution in [0.25, 0.3) is 0 Å². The summed E-state index contributed by atoms with van der Waals surface area (Å²) < 4.78 is 5.67. The number of aliphatic hydroxyl groups is 1. The zero-order chi connectivity index (χ0) is 11.6. The van der Waals surface area contributed by atoms with E-state index in [0.29, 0.717) is 6.61 Å². The molecule has 2 heteroatoms. The van der Waals surface area contributed by atoms with E-state index in [1.807, 2.05) is 12.1 Å². The lowest BCUT2D eigenvalue weighted by molar-refractivity contribution is 0.273. The third-order valence-electron chi connectivity index (χ3n) is 2.63.